The molecule has 11 aromatic rings. The number of halogens is 3. The first-order chi connectivity index (χ1) is 31.6. The van der Waals surface area contributed by atoms with Gasteiger partial charge in [-0.2, -0.15) is 13.2 Å². The molecule has 0 spiro atoms. The molecule has 0 aliphatic rings. The van der Waals surface area contributed by atoms with E-state index in [4.69, 9.17) is 6.57 Å². The lowest BCUT2D eigenvalue weighted by molar-refractivity contribution is -0.137. The molecule has 0 saturated carbocycles. The van der Waals surface area contributed by atoms with E-state index in [1.54, 1.807) is 25.1 Å². The molecule has 312 valence electrons. The highest BCUT2D eigenvalue weighted by atomic mass is 19.4. The van der Waals surface area contributed by atoms with Gasteiger partial charge in [0.05, 0.1) is 39.9 Å². The van der Waals surface area contributed by atoms with Gasteiger partial charge in [0.1, 0.15) is 0 Å². The monoisotopic (exact) mass is 847 g/mol. The molecule has 9 aromatic carbocycles. The van der Waals surface area contributed by atoms with Gasteiger partial charge < -0.3 is 9.13 Å². The minimum Gasteiger partial charge on any atom is -0.310 e. The van der Waals surface area contributed by atoms with Gasteiger partial charge in [-0.1, -0.05) is 139 Å². The number of aryl methyl sites for hydroxylation is 3. The van der Waals surface area contributed by atoms with E-state index in [0.29, 0.717) is 27.9 Å². The van der Waals surface area contributed by atoms with E-state index in [2.05, 4.69) is 137 Å². The van der Waals surface area contributed by atoms with Crippen molar-refractivity contribution in [3.05, 3.63) is 222 Å². The smallest absolute Gasteiger partial charge is 0.310 e. The van der Waals surface area contributed by atoms with Crippen molar-refractivity contribution in [1.29, 1.82) is 0 Å². The van der Waals surface area contributed by atoms with Crippen molar-refractivity contribution < 1.29 is 13.2 Å². The molecule has 0 atom stereocenters. The van der Waals surface area contributed by atoms with Gasteiger partial charge in [0.2, 0.25) is 0 Å². The van der Waals surface area contributed by atoms with Crippen LogP contribution in [0, 0.1) is 27.3 Å². The van der Waals surface area contributed by atoms with Crippen molar-refractivity contribution in [2.24, 2.45) is 0 Å². The van der Waals surface area contributed by atoms with Crippen LogP contribution in [0.2, 0.25) is 0 Å². The number of alkyl halides is 3. The summed E-state index contributed by atoms with van der Waals surface area (Å²) >= 11 is 0. The molecule has 0 amide bonds. The molecule has 2 heterocycles. The molecule has 0 saturated heterocycles. The highest BCUT2D eigenvalue weighted by Crippen LogP contribution is 2.48. The molecule has 3 nitrogen and oxygen atoms in total. The average Bonchev–Trinajstić information content (AvgIpc) is 3.83. The molecule has 0 radical (unpaired) electrons. The summed E-state index contributed by atoms with van der Waals surface area (Å²) < 4.78 is 49.2. The van der Waals surface area contributed by atoms with Gasteiger partial charge in [-0.15, -0.1) is 0 Å². The van der Waals surface area contributed by atoms with Crippen molar-refractivity contribution >= 4 is 49.3 Å². The van der Waals surface area contributed by atoms with Gasteiger partial charge in [0.15, 0.2) is 5.69 Å². The highest BCUT2D eigenvalue weighted by Gasteiger charge is 2.35. The average molecular weight is 848 g/mol. The number of aromatic nitrogens is 2. The fourth-order valence-electron chi connectivity index (χ4n) is 9.93. The lowest BCUT2D eigenvalue weighted by Gasteiger charge is -2.22. The van der Waals surface area contributed by atoms with Crippen LogP contribution < -0.4 is 0 Å². The third-order valence-corrected chi connectivity index (χ3v) is 12.8. The van der Waals surface area contributed by atoms with E-state index in [-0.39, 0.29) is 5.56 Å². The zero-order valence-electron chi connectivity index (χ0n) is 35.9. The normalized spacial score (nSPS) is 11.8. The second-order valence-electron chi connectivity index (χ2n) is 16.9. The van der Waals surface area contributed by atoms with Gasteiger partial charge in [0, 0.05) is 32.8 Å². The van der Waals surface area contributed by atoms with E-state index in [1.165, 1.54) is 17.2 Å². The predicted molar refractivity (Wildman–Crippen MR) is 262 cm³/mol. The topological polar surface area (TPSA) is 14.2 Å². The fraction of sp³-hybridized carbons (Fsp3) is 0.0678. The van der Waals surface area contributed by atoms with Gasteiger partial charge in [-0.05, 0) is 126 Å². The highest BCUT2D eigenvalue weighted by molar-refractivity contribution is 6.13. The molecule has 0 aliphatic carbocycles. The molecule has 0 unspecified atom stereocenters. The number of benzene rings is 9. The summed E-state index contributed by atoms with van der Waals surface area (Å²) in [6.45, 7) is 14.6. The second-order valence-corrected chi connectivity index (χ2v) is 16.9. The third-order valence-electron chi connectivity index (χ3n) is 12.8. The SMILES string of the molecule is [C-]#[N+]c1cccc(-n2c3ccccc3c3cc(-c4cccc(C)c4)ccc32)c1-c1cc(-c2c(C)cccc2C(F)(F)F)ccc1-n1c2ccccc2c2cc(-c3cccc(C)c3)ccc21. The Labute approximate surface area is 374 Å². The molecule has 65 heavy (non-hydrogen) atoms. The second kappa shape index (κ2) is 15.3. The van der Waals surface area contributed by atoms with Crippen LogP contribution in [0.15, 0.2) is 188 Å². The van der Waals surface area contributed by atoms with Crippen LogP contribution in [0.3, 0.4) is 0 Å². The van der Waals surface area contributed by atoms with Crippen LogP contribution in [-0.4, -0.2) is 9.13 Å². The maximum absolute atomic E-state index is 14.9. The number of hydrogen-bond acceptors (Lipinski definition) is 0. The molecule has 0 bridgehead atoms. The van der Waals surface area contributed by atoms with E-state index < -0.39 is 11.7 Å². The Hall–Kier alpha value is -8.14. The van der Waals surface area contributed by atoms with Crippen molar-refractivity contribution in [1.82, 2.24) is 9.13 Å². The molecule has 2 aromatic heterocycles. The van der Waals surface area contributed by atoms with E-state index in [9.17, 15) is 13.2 Å². The number of hydrogen-bond donors (Lipinski definition) is 0. The minimum absolute atomic E-state index is 0.111. The first-order valence-electron chi connectivity index (χ1n) is 21.6. The lowest BCUT2D eigenvalue weighted by Crippen LogP contribution is -2.08. The van der Waals surface area contributed by atoms with Gasteiger partial charge in [-0.25, -0.2) is 4.85 Å². The van der Waals surface area contributed by atoms with E-state index >= 15 is 0 Å². The Kier molecular flexibility index (Phi) is 9.34. The Bertz CT molecular complexity index is 3760. The Morgan fingerprint density at radius 3 is 1.49 bits per heavy atom. The number of rotatable bonds is 6. The maximum atomic E-state index is 14.9. The molecule has 6 heteroatoms. The molecule has 11 rings (SSSR count). The van der Waals surface area contributed by atoms with Gasteiger partial charge >= 0.3 is 6.18 Å². The van der Waals surface area contributed by atoms with Crippen molar-refractivity contribution in [3.8, 4) is 55.9 Å². The summed E-state index contributed by atoms with van der Waals surface area (Å²) in [4.78, 5) is 4.16. The van der Waals surface area contributed by atoms with Crippen molar-refractivity contribution in [2.45, 2.75) is 26.9 Å². The van der Waals surface area contributed by atoms with Crippen molar-refractivity contribution in [2.75, 3.05) is 0 Å². The minimum atomic E-state index is -4.60. The van der Waals surface area contributed by atoms with Crippen LogP contribution in [0.4, 0.5) is 18.9 Å². The summed E-state index contributed by atoms with van der Waals surface area (Å²) in [5, 5.41) is 4.18. The Morgan fingerprint density at radius 2 is 0.923 bits per heavy atom. The van der Waals surface area contributed by atoms with Crippen LogP contribution in [0.1, 0.15) is 22.3 Å². The van der Waals surface area contributed by atoms with Crippen LogP contribution >= 0.6 is 0 Å². The predicted octanol–water partition coefficient (Wildman–Crippen LogP) is 17.0. The number of nitrogens with zero attached hydrogens (tertiary/aromatic N) is 3. The zero-order chi connectivity index (χ0) is 44.6. The molecule has 0 N–H and O–H groups in total. The number of fused-ring (bicyclic) bond motifs is 6. The summed E-state index contributed by atoms with van der Waals surface area (Å²) in [5.41, 5.74) is 13.9. The third kappa shape index (κ3) is 6.59. The molecular weight excluding hydrogens is 808 g/mol. The Morgan fingerprint density at radius 1 is 0.415 bits per heavy atom. The molecular formula is C59H40F3N3. The summed E-state index contributed by atoms with van der Waals surface area (Å²) in [6.07, 6.45) is -4.60. The summed E-state index contributed by atoms with van der Waals surface area (Å²) in [7, 11) is 0. The van der Waals surface area contributed by atoms with Gasteiger partial charge in [-0.3, -0.25) is 0 Å². The van der Waals surface area contributed by atoms with Gasteiger partial charge in [0.25, 0.3) is 0 Å². The number of para-hydroxylation sites is 2. The lowest BCUT2D eigenvalue weighted by atomic mass is 9.90. The van der Waals surface area contributed by atoms with Crippen LogP contribution in [-0.2, 0) is 6.18 Å². The molecule has 0 fully saturated rings. The standard InChI is InChI=1S/C59H40F3N3/c1-36-13-9-16-39(31-36)41-25-28-53-46(33-41)44-18-5-7-22-51(44)64(53)55-30-27-43(57-38(3)15-11-20-49(57)59(60,61)62)35-48(55)58-50(63-4)21-12-24-56(58)65-52-23-8-6-19-45(52)47-34-42(26-29-54(47)65)40-17-10-14-37(2)32-40/h5-35H,1-3H3. The summed E-state index contributed by atoms with van der Waals surface area (Å²) in [5.74, 6) is 0. The fourth-order valence-corrected chi connectivity index (χ4v) is 9.93. The quantitative estimate of drug-likeness (QED) is 0.148. The van der Waals surface area contributed by atoms with E-state index in [0.717, 1.165) is 83.3 Å². The zero-order valence-corrected chi connectivity index (χ0v) is 35.9. The Balaban J connectivity index is 1.24. The van der Waals surface area contributed by atoms with Crippen molar-refractivity contribution in [3.63, 3.8) is 0 Å². The largest absolute Gasteiger partial charge is 0.417 e. The molecule has 0 aliphatic heterocycles. The van der Waals surface area contributed by atoms with Crippen LogP contribution in [0.5, 0.6) is 0 Å². The van der Waals surface area contributed by atoms with E-state index in [1.807, 2.05) is 48.5 Å². The first-order valence-corrected chi connectivity index (χ1v) is 21.6. The summed E-state index contributed by atoms with van der Waals surface area (Å²) in [6, 6.07) is 62.1. The van der Waals surface area contributed by atoms with Crippen LogP contribution in [0.25, 0.3) is 104 Å². The first kappa shape index (κ1) is 39.7. The maximum Gasteiger partial charge on any atom is 0.417 e.